The molecule has 1 aromatic carbocycles. The molecule has 5 amide bonds. The predicted molar refractivity (Wildman–Crippen MR) is 102 cm³/mol. The highest BCUT2D eigenvalue weighted by molar-refractivity contribution is 6.09. The molecule has 1 aliphatic heterocycles. The van der Waals surface area contributed by atoms with Gasteiger partial charge in [0.05, 0.1) is 0 Å². The fraction of sp³-hybridized carbons (Fsp3) is 0.500. The molecular formula is C20H26N4O4. The van der Waals surface area contributed by atoms with E-state index in [0.29, 0.717) is 12.0 Å². The van der Waals surface area contributed by atoms with E-state index in [0.717, 1.165) is 35.3 Å². The SMILES string of the molecule is Cc1ccc(C(=O)NNC(=O)CN2C(=O)N[C@]3(CCCC[C@H]3C)C2=O)c(C)c1. The van der Waals surface area contributed by atoms with Gasteiger partial charge in [0.1, 0.15) is 12.1 Å². The van der Waals surface area contributed by atoms with Gasteiger partial charge in [-0.15, -0.1) is 0 Å². The number of carbonyl (C=O) groups excluding carboxylic acids is 4. The molecule has 0 aromatic heterocycles. The van der Waals surface area contributed by atoms with Crippen molar-refractivity contribution in [3.8, 4) is 0 Å². The number of nitrogens with zero attached hydrogens (tertiary/aromatic N) is 1. The zero-order chi connectivity index (χ0) is 20.5. The molecule has 1 aliphatic carbocycles. The summed E-state index contributed by atoms with van der Waals surface area (Å²) in [5.74, 6) is -1.43. The van der Waals surface area contributed by atoms with Crippen molar-refractivity contribution in [2.45, 2.75) is 52.0 Å². The Bertz CT molecular complexity index is 837. The van der Waals surface area contributed by atoms with Crippen LogP contribution in [0.15, 0.2) is 18.2 Å². The molecule has 1 saturated heterocycles. The van der Waals surface area contributed by atoms with Gasteiger partial charge in [-0.2, -0.15) is 0 Å². The van der Waals surface area contributed by atoms with Crippen LogP contribution in [-0.4, -0.2) is 40.7 Å². The first-order chi connectivity index (χ1) is 13.2. The Balaban J connectivity index is 1.59. The molecule has 8 heteroatoms. The van der Waals surface area contributed by atoms with Crippen LogP contribution < -0.4 is 16.2 Å². The van der Waals surface area contributed by atoms with Crippen molar-refractivity contribution in [3.05, 3.63) is 34.9 Å². The fourth-order valence-corrected chi connectivity index (χ4v) is 4.08. The van der Waals surface area contributed by atoms with Gasteiger partial charge in [-0.05, 0) is 44.2 Å². The van der Waals surface area contributed by atoms with E-state index in [1.54, 1.807) is 6.07 Å². The predicted octanol–water partition coefficient (Wildman–Crippen LogP) is 1.57. The minimum absolute atomic E-state index is 0.0231. The lowest BCUT2D eigenvalue weighted by molar-refractivity contribution is -0.137. The van der Waals surface area contributed by atoms with Gasteiger partial charge in [0, 0.05) is 5.56 Å². The lowest BCUT2D eigenvalue weighted by Crippen LogP contribution is -2.54. The zero-order valence-corrected chi connectivity index (χ0v) is 16.4. The number of hydrazine groups is 1. The second-order valence-corrected chi connectivity index (χ2v) is 7.76. The van der Waals surface area contributed by atoms with Crippen molar-refractivity contribution in [2.24, 2.45) is 5.92 Å². The van der Waals surface area contributed by atoms with E-state index in [4.69, 9.17) is 0 Å². The number of hydrogen-bond acceptors (Lipinski definition) is 4. The first-order valence-electron chi connectivity index (χ1n) is 9.55. The first kappa shape index (κ1) is 19.9. The van der Waals surface area contributed by atoms with Crippen molar-refractivity contribution in [3.63, 3.8) is 0 Å². The van der Waals surface area contributed by atoms with Gasteiger partial charge >= 0.3 is 6.03 Å². The van der Waals surface area contributed by atoms with Crippen LogP contribution in [0.4, 0.5) is 4.79 Å². The summed E-state index contributed by atoms with van der Waals surface area (Å²) in [5, 5.41) is 2.80. The van der Waals surface area contributed by atoms with Gasteiger partial charge in [-0.25, -0.2) is 4.79 Å². The Hall–Kier alpha value is -2.90. The van der Waals surface area contributed by atoms with Gasteiger partial charge < -0.3 is 5.32 Å². The number of hydrogen-bond donors (Lipinski definition) is 3. The largest absolute Gasteiger partial charge is 0.325 e. The highest BCUT2D eigenvalue weighted by atomic mass is 16.2. The zero-order valence-electron chi connectivity index (χ0n) is 16.4. The van der Waals surface area contributed by atoms with Crippen LogP contribution in [0, 0.1) is 19.8 Å². The third-order valence-corrected chi connectivity index (χ3v) is 5.75. The van der Waals surface area contributed by atoms with Crippen LogP contribution in [-0.2, 0) is 9.59 Å². The Labute approximate surface area is 164 Å². The molecule has 0 unspecified atom stereocenters. The lowest BCUT2D eigenvalue weighted by Gasteiger charge is -2.36. The standard InChI is InChI=1S/C20H26N4O4/c1-12-7-8-15(13(2)10-12)17(26)23-22-16(25)11-24-18(27)20(21-19(24)28)9-5-4-6-14(20)3/h7-8,10,14H,4-6,9,11H2,1-3H3,(H,21,28)(H,22,25)(H,23,26)/t14-,20+/m1/s1. The second-order valence-electron chi connectivity index (χ2n) is 7.76. The maximum atomic E-state index is 12.9. The quantitative estimate of drug-likeness (QED) is 0.541. The highest BCUT2D eigenvalue weighted by Gasteiger charge is 2.55. The number of aryl methyl sites for hydroxylation is 2. The van der Waals surface area contributed by atoms with Crippen LogP contribution in [0.25, 0.3) is 0 Å². The third-order valence-electron chi connectivity index (χ3n) is 5.75. The minimum atomic E-state index is -0.905. The molecular weight excluding hydrogens is 360 g/mol. The number of carbonyl (C=O) groups is 4. The van der Waals surface area contributed by atoms with Crippen molar-refractivity contribution in [1.82, 2.24) is 21.1 Å². The van der Waals surface area contributed by atoms with E-state index in [1.807, 2.05) is 32.9 Å². The number of urea groups is 1. The monoisotopic (exact) mass is 386 g/mol. The number of imide groups is 1. The summed E-state index contributed by atoms with van der Waals surface area (Å²) in [6, 6.07) is 4.79. The normalized spacial score (nSPS) is 24.2. The summed E-state index contributed by atoms with van der Waals surface area (Å²) in [7, 11) is 0. The van der Waals surface area contributed by atoms with E-state index >= 15 is 0 Å². The van der Waals surface area contributed by atoms with Gasteiger partial charge in [0.2, 0.25) is 0 Å². The molecule has 1 saturated carbocycles. The summed E-state index contributed by atoms with van der Waals surface area (Å²) in [4.78, 5) is 50.5. The number of rotatable bonds is 3. The summed E-state index contributed by atoms with van der Waals surface area (Å²) in [6.45, 7) is 5.24. The maximum Gasteiger partial charge on any atom is 0.325 e. The average molecular weight is 386 g/mol. The number of amides is 5. The van der Waals surface area contributed by atoms with Crippen molar-refractivity contribution >= 4 is 23.8 Å². The fourth-order valence-electron chi connectivity index (χ4n) is 4.08. The topological polar surface area (TPSA) is 108 Å². The highest BCUT2D eigenvalue weighted by Crippen LogP contribution is 2.38. The molecule has 0 radical (unpaired) electrons. The van der Waals surface area contributed by atoms with E-state index in [2.05, 4.69) is 16.2 Å². The number of benzene rings is 1. The van der Waals surface area contributed by atoms with Gasteiger partial charge in [-0.1, -0.05) is 37.5 Å². The Morgan fingerprint density at radius 3 is 2.64 bits per heavy atom. The van der Waals surface area contributed by atoms with Crippen LogP contribution in [0.3, 0.4) is 0 Å². The van der Waals surface area contributed by atoms with Crippen molar-refractivity contribution in [2.75, 3.05) is 6.54 Å². The molecule has 2 fully saturated rings. The van der Waals surface area contributed by atoms with Gasteiger partial charge in [0.15, 0.2) is 0 Å². The maximum absolute atomic E-state index is 12.9. The molecule has 0 bridgehead atoms. The third kappa shape index (κ3) is 3.58. The first-order valence-corrected chi connectivity index (χ1v) is 9.55. The van der Waals surface area contributed by atoms with E-state index in [-0.39, 0.29) is 11.8 Å². The summed E-state index contributed by atoms with van der Waals surface area (Å²) in [5.41, 5.74) is 5.97. The Morgan fingerprint density at radius 2 is 1.96 bits per heavy atom. The molecule has 3 N–H and O–H groups in total. The van der Waals surface area contributed by atoms with E-state index in [1.165, 1.54) is 0 Å². The molecule has 2 atom stereocenters. The molecule has 3 rings (SSSR count). The molecule has 150 valence electrons. The second kappa shape index (κ2) is 7.61. The lowest BCUT2D eigenvalue weighted by atomic mass is 9.73. The smallest absolute Gasteiger partial charge is 0.323 e. The summed E-state index contributed by atoms with van der Waals surface area (Å²) >= 11 is 0. The average Bonchev–Trinajstić information content (AvgIpc) is 2.87. The van der Waals surface area contributed by atoms with Crippen LogP contribution >= 0.6 is 0 Å². The van der Waals surface area contributed by atoms with Gasteiger partial charge in [-0.3, -0.25) is 30.1 Å². The Morgan fingerprint density at radius 1 is 1.21 bits per heavy atom. The molecule has 1 heterocycles. The van der Waals surface area contributed by atoms with Crippen LogP contribution in [0.2, 0.25) is 0 Å². The molecule has 1 aromatic rings. The van der Waals surface area contributed by atoms with Crippen molar-refractivity contribution < 1.29 is 19.2 Å². The minimum Gasteiger partial charge on any atom is -0.323 e. The van der Waals surface area contributed by atoms with Crippen LogP contribution in [0.5, 0.6) is 0 Å². The summed E-state index contributed by atoms with van der Waals surface area (Å²) in [6.07, 6.45) is 3.33. The Kier molecular flexibility index (Phi) is 5.40. The van der Waals surface area contributed by atoms with E-state index in [9.17, 15) is 19.2 Å². The van der Waals surface area contributed by atoms with Crippen molar-refractivity contribution in [1.29, 1.82) is 0 Å². The van der Waals surface area contributed by atoms with E-state index < -0.39 is 29.9 Å². The summed E-state index contributed by atoms with van der Waals surface area (Å²) < 4.78 is 0. The molecule has 2 aliphatic rings. The molecule has 28 heavy (non-hydrogen) atoms. The number of nitrogens with one attached hydrogen (secondary N) is 3. The molecule has 1 spiro atoms. The van der Waals surface area contributed by atoms with Crippen LogP contribution in [0.1, 0.15) is 54.1 Å². The van der Waals surface area contributed by atoms with Gasteiger partial charge in [0.25, 0.3) is 17.7 Å². The molecule has 8 nitrogen and oxygen atoms in total.